The van der Waals surface area contributed by atoms with Gasteiger partial charge in [0.25, 0.3) is 5.91 Å². The van der Waals surface area contributed by atoms with Crippen molar-refractivity contribution >= 4 is 23.6 Å². The molecule has 0 aromatic heterocycles. The van der Waals surface area contributed by atoms with E-state index >= 15 is 0 Å². The highest BCUT2D eigenvalue weighted by Gasteiger charge is 2.12. The van der Waals surface area contributed by atoms with Crippen molar-refractivity contribution in [3.05, 3.63) is 29.8 Å². The first kappa shape index (κ1) is 29.3. The predicted octanol–water partition coefficient (Wildman–Crippen LogP) is 1.75. The van der Waals surface area contributed by atoms with Crippen LogP contribution in [0.15, 0.2) is 24.3 Å². The molecule has 2 atom stereocenters. The fraction of sp³-hybridized carbons (Fsp3) is 0.542. The molecule has 0 spiro atoms. The molecule has 1 rings (SSSR count). The van der Waals surface area contributed by atoms with Crippen molar-refractivity contribution in [1.82, 2.24) is 16.0 Å². The molecule has 0 bridgehead atoms. The summed E-state index contributed by atoms with van der Waals surface area (Å²) in [4.78, 5) is 23.9. The molecule has 1 aromatic carbocycles. The highest BCUT2D eigenvalue weighted by Crippen LogP contribution is 2.17. The van der Waals surface area contributed by atoms with Crippen LogP contribution in [0.4, 0.5) is 0 Å². The van der Waals surface area contributed by atoms with Gasteiger partial charge in [-0.3, -0.25) is 9.59 Å². The van der Waals surface area contributed by atoms with Crippen LogP contribution in [0.3, 0.4) is 0 Å². The Morgan fingerprint density at radius 1 is 1.21 bits per heavy atom. The van der Waals surface area contributed by atoms with Crippen LogP contribution in [-0.4, -0.2) is 70.4 Å². The minimum Gasteiger partial charge on any atom is -0.490 e. The van der Waals surface area contributed by atoms with Gasteiger partial charge in [0.1, 0.15) is 24.4 Å². The van der Waals surface area contributed by atoms with E-state index in [0.29, 0.717) is 36.9 Å². The van der Waals surface area contributed by atoms with Gasteiger partial charge in [-0.15, -0.1) is 0 Å². The maximum absolute atomic E-state index is 12.2. The van der Waals surface area contributed by atoms with Gasteiger partial charge in [0, 0.05) is 24.6 Å². The second kappa shape index (κ2) is 18.6. The van der Waals surface area contributed by atoms with Gasteiger partial charge in [-0.2, -0.15) is 5.26 Å². The molecule has 3 N–H and O–H groups in total. The number of benzene rings is 1. The van der Waals surface area contributed by atoms with Gasteiger partial charge in [0.05, 0.1) is 19.8 Å². The van der Waals surface area contributed by atoms with Crippen LogP contribution in [0.2, 0.25) is 0 Å². The number of amides is 2. The van der Waals surface area contributed by atoms with Gasteiger partial charge >= 0.3 is 0 Å². The highest BCUT2D eigenvalue weighted by molar-refractivity contribution is 8.04. The average Bonchev–Trinajstić information content (AvgIpc) is 2.84. The van der Waals surface area contributed by atoms with E-state index in [0.717, 1.165) is 18.2 Å². The normalized spacial score (nSPS) is 11.9. The van der Waals surface area contributed by atoms with Gasteiger partial charge in [0.15, 0.2) is 5.44 Å². The third kappa shape index (κ3) is 13.7. The molecular formula is C24H34N4O5S. The van der Waals surface area contributed by atoms with Gasteiger partial charge in [-0.1, -0.05) is 31.8 Å². The zero-order valence-electron chi connectivity index (χ0n) is 20.0. The van der Waals surface area contributed by atoms with E-state index in [4.69, 9.17) is 19.5 Å². The number of likely N-dealkylation sites (N-methyl/N-ethyl adjacent to an activating group) is 1. The van der Waals surface area contributed by atoms with E-state index in [-0.39, 0.29) is 38.2 Å². The molecule has 0 fully saturated rings. The number of nitrogens with one attached hydrogen (secondary N) is 3. The number of thioether (sulfide) groups is 1. The van der Waals surface area contributed by atoms with E-state index in [2.05, 4.69) is 34.7 Å². The van der Waals surface area contributed by atoms with Crippen LogP contribution >= 0.6 is 11.8 Å². The molecule has 0 radical (unpaired) electrons. The lowest BCUT2D eigenvalue weighted by molar-refractivity contribution is -0.126. The lowest BCUT2D eigenvalue weighted by atomic mass is 10.1. The SMILES string of the molecule is CCC(C)C#CCNC(=O)COCCOC(COc1cccc(C(=O)NCCNC)c1)SC#N. The summed E-state index contributed by atoms with van der Waals surface area (Å²) in [5, 5.41) is 19.4. The number of nitrogens with zero attached hydrogens (tertiary/aromatic N) is 1. The van der Waals surface area contributed by atoms with Crippen LogP contribution in [0.5, 0.6) is 5.75 Å². The van der Waals surface area contributed by atoms with E-state index in [9.17, 15) is 9.59 Å². The number of thiocyanates is 1. The molecule has 9 nitrogen and oxygen atoms in total. The number of nitriles is 1. The standard InChI is InChI=1S/C24H34N4O5S/c1-4-19(2)7-6-10-27-22(29)16-31-13-14-32-23(34-18-25)17-33-21-9-5-8-20(15-21)24(30)28-12-11-26-3/h5,8-9,15,19,23,26H,4,10-14,16-17H2,1-3H3,(H,27,29)(H,28,30). The number of rotatable bonds is 16. The van der Waals surface area contributed by atoms with Crippen LogP contribution in [0.1, 0.15) is 30.6 Å². The Balaban J connectivity index is 2.32. The molecule has 0 aliphatic carbocycles. The lowest BCUT2D eigenvalue weighted by Gasteiger charge is -2.16. The van der Waals surface area contributed by atoms with Gasteiger partial charge < -0.3 is 30.2 Å². The topological polar surface area (TPSA) is 122 Å². The van der Waals surface area contributed by atoms with Crippen LogP contribution in [0.25, 0.3) is 0 Å². The van der Waals surface area contributed by atoms with Crippen LogP contribution in [-0.2, 0) is 14.3 Å². The van der Waals surface area contributed by atoms with Gasteiger partial charge in [-0.05, 0) is 43.4 Å². The lowest BCUT2D eigenvalue weighted by Crippen LogP contribution is -2.30. The largest absolute Gasteiger partial charge is 0.490 e. The van der Waals surface area contributed by atoms with Crippen molar-refractivity contribution in [2.24, 2.45) is 5.92 Å². The molecular weight excluding hydrogens is 456 g/mol. The third-order valence-corrected chi connectivity index (χ3v) is 5.07. The third-order valence-electron chi connectivity index (χ3n) is 4.43. The molecule has 0 aliphatic heterocycles. The second-order valence-corrected chi connectivity index (χ2v) is 8.11. The number of hydrogen-bond donors (Lipinski definition) is 3. The van der Waals surface area contributed by atoms with Crippen molar-refractivity contribution < 1.29 is 23.8 Å². The first-order valence-electron chi connectivity index (χ1n) is 11.1. The molecule has 0 saturated carbocycles. The summed E-state index contributed by atoms with van der Waals surface area (Å²) in [5.74, 6) is 6.32. The molecule has 186 valence electrons. The Labute approximate surface area is 206 Å². The average molecular weight is 491 g/mol. The molecule has 34 heavy (non-hydrogen) atoms. The van der Waals surface area contributed by atoms with E-state index in [1.54, 1.807) is 24.3 Å². The smallest absolute Gasteiger partial charge is 0.251 e. The summed E-state index contributed by atoms with van der Waals surface area (Å²) < 4.78 is 16.6. The van der Waals surface area contributed by atoms with Crippen LogP contribution in [0, 0.1) is 28.4 Å². The molecule has 0 aliphatic rings. The Bertz CT molecular complexity index is 850. The Morgan fingerprint density at radius 3 is 2.76 bits per heavy atom. The summed E-state index contributed by atoms with van der Waals surface area (Å²) in [6.07, 6.45) is 0.973. The maximum Gasteiger partial charge on any atom is 0.251 e. The Morgan fingerprint density at radius 2 is 2.03 bits per heavy atom. The Hall–Kier alpha value is -2.76. The minimum absolute atomic E-state index is 0.0931. The van der Waals surface area contributed by atoms with Gasteiger partial charge in [-0.25, -0.2) is 0 Å². The van der Waals surface area contributed by atoms with E-state index < -0.39 is 5.44 Å². The summed E-state index contributed by atoms with van der Waals surface area (Å²) >= 11 is 0.924. The molecule has 10 heteroatoms. The highest BCUT2D eigenvalue weighted by atomic mass is 32.2. The molecule has 1 aromatic rings. The zero-order chi connectivity index (χ0) is 25.0. The van der Waals surface area contributed by atoms with Crippen molar-refractivity contribution in [1.29, 1.82) is 5.26 Å². The van der Waals surface area contributed by atoms with Gasteiger partial charge in [0.2, 0.25) is 5.91 Å². The molecule has 0 saturated heterocycles. The van der Waals surface area contributed by atoms with Crippen LogP contribution < -0.4 is 20.7 Å². The van der Waals surface area contributed by atoms with E-state index in [1.165, 1.54) is 0 Å². The predicted molar refractivity (Wildman–Crippen MR) is 132 cm³/mol. The second-order valence-electron chi connectivity index (χ2n) is 7.17. The minimum atomic E-state index is -0.550. The monoisotopic (exact) mass is 490 g/mol. The first-order valence-corrected chi connectivity index (χ1v) is 12.0. The molecule has 2 unspecified atom stereocenters. The summed E-state index contributed by atoms with van der Waals surface area (Å²) in [5.41, 5.74) is -0.0668. The fourth-order valence-corrected chi connectivity index (χ4v) is 2.81. The number of carbonyl (C=O) groups is 2. The zero-order valence-corrected chi connectivity index (χ0v) is 20.8. The maximum atomic E-state index is 12.2. The number of hydrogen-bond acceptors (Lipinski definition) is 8. The molecule has 2 amide bonds. The van der Waals surface area contributed by atoms with Crippen molar-refractivity contribution in [3.8, 4) is 23.0 Å². The molecule has 0 heterocycles. The van der Waals surface area contributed by atoms with Crippen molar-refractivity contribution in [2.75, 3.05) is 53.1 Å². The Kier molecular flexibility index (Phi) is 16.1. The number of ether oxygens (including phenoxy) is 3. The quantitative estimate of drug-likeness (QED) is 0.139. The summed E-state index contributed by atoms with van der Waals surface area (Å²) in [6, 6.07) is 6.79. The fourth-order valence-electron chi connectivity index (χ4n) is 2.39. The summed E-state index contributed by atoms with van der Waals surface area (Å²) in [7, 11) is 1.81. The van der Waals surface area contributed by atoms with Crippen molar-refractivity contribution in [3.63, 3.8) is 0 Å². The number of carbonyl (C=O) groups excluding carboxylic acids is 2. The van der Waals surface area contributed by atoms with Crippen molar-refractivity contribution in [2.45, 2.75) is 25.7 Å². The van der Waals surface area contributed by atoms with E-state index in [1.807, 2.05) is 19.4 Å². The first-order chi connectivity index (χ1) is 16.5. The summed E-state index contributed by atoms with van der Waals surface area (Å²) in [6.45, 7) is 5.98.